The van der Waals surface area contributed by atoms with Crippen LogP contribution in [0, 0.1) is 0 Å². The highest BCUT2D eigenvalue weighted by Gasteiger charge is 2.45. The van der Waals surface area contributed by atoms with Crippen molar-refractivity contribution in [2.45, 2.75) is 20.1 Å². The molecule has 0 spiro atoms. The lowest BCUT2D eigenvalue weighted by Crippen LogP contribution is -2.47. The molecule has 5 rings (SSSR count). The molecule has 0 unspecified atom stereocenters. The summed E-state index contributed by atoms with van der Waals surface area (Å²) >= 11 is 0. The van der Waals surface area contributed by atoms with Crippen LogP contribution in [-0.2, 0) is 42.2 Å². The van der Waals surface area contributed by atoms with Crippen LogP contribution in [0.15, 0.2) is 94.0 Å². The Bertz CT molecular complexity index is 1750. The van der Waals surface area contributed by atoms with Crippen molar-refractivity contribution in [3.05, 3.63) is 95.1 Å². The number of carboxylic acid groups (broad SMARTS) is 2. The lowest BCUT2D eigenvalue weighted by molar-refractivity contribution is -0.253. The van der Waals surface area contributed by atoms with E-state index in [-0.39, 0.29) is 41.6 Å². The third-order valence-electron chi connectivity index (χ3n) is 7.12. The molecule has 2 aliphatic rings. The molecule has 0 saturated carbocycles. The summed E-state index contributed by atoms with van der Waals surface area (Å²) in [6, 6.07) is 19.0. The van der Waals surface area contributed by atoms with Crippen molar-refractivity contribution < 1.29 is 49.7 Å². The standard InChI is InChI=1S/C31H27N5O10/c1-18-27-29(33-36(30(27)41)24-10-4-20(5-11-24)17-46-44)35(23-8-2-19(3-9-23)16-45-43)31(42)28(18)32-21-6-12-22(13-7-21)34(14-25(37)38)15-26(39)40/h2-13,43-44H,14-17H2,1H3,(H,37,38)(H,39,40). The monoisotopic (exact) mass is 629 g/mol. The average Bonchev–Trinajstić information content (AvgIpc) is 3.37. The Kier molecular flexibility index (Phi) is 9.29. The van der Waals surface area contributed by atoms with E-state index in [9.17, 15) is 29.4 Å². The molecule has 3 aromatic carbocycles. The van der Waals surface area contributed by atoms with Crippen molar-refractivity contribution in [2.75, 3.05) is 27.9 Å². The summed E-state index contributed by atoms with van der Waals surface area (Å²) in [6.45, 7) is 0.369. The Morgan fingerprint density at radius 1 is 0.783 bits per heavy atom. The van der Waals surface area contributed by atoms with Crippen molar-refractivity contribution in [3.8, 4) is 0 Å². The van der Waals surface area contributed by atoms with Gasteiger partial charge >= 0.3 is 11.9 Å². The van der Waals surface area contributed by atoms with Gasteiger partial charge in [0, 0.05) is 5.69 Å². The van der Waals surface area contributed by atoms with Crippen LogP contribution in [-0.4, -0.2) is 69.1 Å². The predicted octanol–water partition coefficient (Wildman–Crippen LogP) is 3.44. The Hall–Kier alpha value is -5.74. The summed E-state index contributed by atoms with van der Waals surface area (Å²) in [5.74, 6) is -3.43. The molecule has 0 radical (unpaired) electrons. The maximum Gasteiger partial charge on any atom is 0.323 e. The fourth-order valence-electron chi connectivity index (χ4n) is 4.96. The molecular weight excluding hydrogens is 602 g/mol. The minimum Gasteiger partial charge on any atom is -0.480 e. The first kappa shape index (κ1) is 31.7. The maximum absolute atomic E-state index is 14.1. The third kappa shape index (κ3) is 6.52. The van der Waals surface area contributed by atoms with Crippen LogP contribution in [0.4, 0.5) is 22.7 Å². The first-order chi connectivity index (χ1) is 22.1. The minimum atomic E-state index is -1.21. The summed E-state index contributed by atoms with van der Waals surface area (Å²) in [5, 5.41) is 41.6. The fourth-order valence-corrected chi connectivity index (χ4v) is 4.96. The second-order valence-corrected chi connectivity index (χ2v) is 10.2. The van der Waals surface area contributed by atoms with Gasteiger partial charge in [-0.2, -0.15) is 5.01 Å². The maximum atomic E-state index is 14.1. The Morgan fingerprint density at radius 3 is 1.80 bits per heavy atom. The van der Waals surface area contributed by atoms with Crippen LogP contribution in [0.5, 0.6) is 0 Å². The SMILES string of the molecule is CC1=C2C(=O)N(c3ccc(COO)cc3)N=C2N(c2ccc(COO)cc2)C(=O)C1=Nc1ccc(N(CC(=O)O)CC(=O)O)cc1. The van der Waals surface area contributed by atoms with E-state index in [1.54, 1.807) is 55.5 Å². The molecule has 2 aliphatic heterocycles. The summed E-state index contributed by atoms with van der Waals surface area (Å²) in [5.41, 5.74) is 2.99. The number of amides is 2. The highest BCUT2D eigenvalue weighted by atomic mass is 17.1. The zero-order chi connectivity index (χ0) is 33.0. The van der Waals surface area contributed by atoms with Crippen LogP contribution in [0.25, 0.3) is 0 Å². The molecule has 236 valence electrons. The topological polar surface area (TPSA) is 202 Å². The lowest BCUT2D eigenvalue weighted by Gasteiger charge is -2.28. The lowest BCUT2D eigenvalue weighted by atomic mass is 9.96. The molecular formula is C31H27N5O10. The quantitative estimate of drug-likeness (QED) is 0.169. The number of amidine groups is 1. The molecule has 0 aliphatic carbocycles. The molecule has 15 heteroatoms. The van der Waals surface area contributed by atoms with E-state index in [4.69, 9.17) is 10.5 Å². The van der Waals surface area contributed by atoms with Gasteiger partial charge in [0.25, 0.3) is 11.8 Å². The van der Waals surface area contributed by atoms with Crippen LogP contribution >= 0.6 is 0 Å². The fraction of sp³-hybridized carbons (Fsp3) is 0.161. The van der Waals surface area contributed by atoms with Gasteiger partial charge in [-0.05, 0) is 72.2 Å². The molecule has 0 saturated heterocycles. The van der Waals surface area contributed by atoms with Crippen LogP contribution in [0.1, 0.15) is 18.1 Å². The van der Waals surface area contributed by atoms with Crippen LogP contribution < -0.4 is 14.8 Å². The molecule has 15 nitrogen and oxygen atoms in total. The number of aliphatic imine (C=N–C) groups is 1. The minimum absolute atomic E-state index is 0.0510. The molecule has 4 N–H and O–H groups in total. The van der Waals surface area contributed by atoms with Crippen molar-refractivity contribution >= 4 is 58.0 Å². The van der Waals surface area contributed by atoms with Gasteiger partial charge < -0.3 is 15.1 Å². The number of benzene rings is 3. The number of fused-ring (bicyclic) bond motifs is 1. The molecule has 0 bridgehead atoms. The van der Waals surface area contributed by atoms with Gasteiger partial charge in [0.2, 0.25) is 0 Å². The molecule has 2 amide bonds. The number of hydrazone groups is 1. The number of nitrogens with zero attached hydrogens (tertiary/aromatic N) is 5. The smallest absolute Gasteiger partial charge is 0.323 e. The van der Waals surface area contributed by atoms with Gasteiger partial charge in [-0.15, -0.1) is 5.10 Å². The number of rotatable bonds is 12. The van der Waals surface area contributed by atoms with Gasteiger partial charge in [0.15, 0.2) is 5.84 Å². The Balaban J connectivity index is 1.57. The summed E-state index contributed by atoms with van der Waals surface area (Å²) in [4.78, 5) is 65.8. The number of anilines is 3. The molecule has 3 aromatic rings. The van der Waals surface area contributed by atoms with Crippen molar-refractivity contribution in [3.63, 3.8) is 0 Å². The number of hydrogen-bond acceptors (Lipinski definition) is 11. The third-order valence-corrected chi connectivity index (χ3v) is 7.12. The summed E-state index contributed by atoms with van der Waals surface area (Å²) < 4.78 is 0. The van der Waals surface area contributed by atoms with E-state index < -0.39 is 36.8 Å². The van der Waals surface area contributed by atoms with E-state index in [0.29, 0.717) is 28.2 Å². The van der Waals surface area contributed by atoms with Crippen molar-refractivity contribution in [1.29, 1.82) is 0 Å². The average molecular weight is 630 g/mol. The van der Waals surface area contributed by atoms with Crippen LogP contribution in [0.3, 0.4) is 0 Å². The first-order valence-corrected chi connectivity index (χ1v) is 13.7. The van der Waals surface area contributed by atoms with Gasteiger partial charge in [-0.25, -0.2) is 14.8 Å². The number of carbonyl (C=O) groups excluding carboxylic acids is 2. The van der Waals surface area contributed by atoms with E-state index in [2.05, 4.69) is 19.9 Å². The van der Waals surface area contributed by atoms with Gasteiger partial charge in [0.1, 0.15) is 32.0 Å². The summed E-state index contributed by atoms with van der Waals surface area (Å²) in [6.07, 6.45) is 0. The first-order valence-electron chi connectivity index (χ1n) is 13.7. The number of aliphatic carboxylic acids is 2. The van der Waals surface area contributed by atoms with Crippen molar-refractivity contribution in [2.24, 2.45) is 10.1 Å². The molecule has 0 aromatic heterocycles. The van der Waals surface area contributed by atoms with Gasteiger partial charge in [-0.3, -0.25) is 34.6 Å². The van der Waals surface area contributed by atoms with Crippen molar-refractivity contribution in [1.82, 2.24) is 0 Å². The molecule has 0 atom stereocenters. The van der Waals surface area contributed by atoms with E-state index >= 15 is 0 Å². The largest absolute Gasteiger partial charge is 0.480 e. The van der Waals surface area contributed by atoms with E-state index in [1.165, 1.54) is 29.2 Å². The zero-order valence-electron chi connectivity index (χ0n) is 24.2. The number of hydrogen-bond donors (Lipinski definition) is 4. The number of carboxylic acids is 2. The highest BCUT2D eigenvalue weighted by molar-refractivity contribution is 6.61. The van der Waals surface area contributed by atoms with E-state index in [1.807, 2.05) is 0 Å². The zero-order valence-corrected chi connectivity index (χ0v) is 24.2. The summed E-state index contributed by atoms with van der Waals surface area (Å²) in [7, 11) is 0. The highest BCUT2D eigenvalue weighted by Crippen LogP contribution is 2.34. The molecule has 0 fully saturated rings. The molecule has 2 heterocycles. The second-order valence-electron chi connectivity index (χ2n) is 10.2. The molecule has 46 heavy (non-hydrogen) atoms. The van der Waals surface area contributed by atoms with E-state index in [0.717, 1.165) is 9.91 Å². The van der Waals surface area contributed by atoms with Gasteiger partial charge in [0.05, 0.1) is 22.6 Å². The normalized spacial score (nSPS) is 15.4. The Morgan fingerprint density at radius 2 is 1.30 bits per heavy atom. The van der Waals surface area contributed by atoms with Gasteiger partial charge in [-0.1, -0.05) is 24.3 Å². The number of carbonyl (C=O) groups is 4. The Labute approximate surface area is 261 Å². The second kappa shape index (κ2) is 13.5. The predicted molar refractivity (Wildman–Crippen MR) is 164 cm³/mol. The van der Waals surface area contributed by atoms with Crippen LogP contribution in [0.2, 0.25) is 0 Å².